The first-order valence-electron chi connectivity index (χ1n) is 6.53. The van der Waals surface area contributed by atoms with Crippen LogP contribution in [0.25, 0.3) is 0 Å². The minimum absolute atomic E-state index is 0.0729. The van der Waals surface area contributed by atoms with Gasteiger partial charge in [-0.05, 0) is 38.3 Å². The molecule has 1 amide bonds. The van der Waals surface area contributed by atoms with Gasteiger partial charge in [0.15, 0.2) is 0 Å². The second kappa shape index (κ2) is 6.93. The maximum absolute atomic E-state index is 11.6. The number of alkyl carbamates (subject to hydrolysis) is 1. The van der Waals surface area contributed by atoms with E-state index >= 15 is 0 Å². The van der Waals surface area contributed by atoms with Gasteiger partial charge in [0, 0.05) is 13.0 Å². The summed E-state index contributed by atoms with van der Waals surface area (Å²) in [5.41, 5.74) is 1.29. The Balaban J connectivity index is 2.59. The van der Waals surface area contributed by atoms with Crippen molar-refractivity contribution < 1.29 is 19.4 Å². The highest BCUT2D eigenvalue weighted by molar-refractivity contribution is 5.68. The van der Waals surface area contributed by atoms with Crippen molar-refractivity contribution in [2.24, 2.45) is 0 Å². The van der Waals surface area contributed by atoms with Crippen LogP contribution in [0, 0.1) is 0 Å². The third kappa shape index (κ3) is 6.22. The first kappa shape index (κ1) is 16.0. The Labute approximate surface area is 118 Å². The molecule has 0 saturated heterocycles. The third-order valence-electron chi connectivity index (χ3n) is 2.55. The predicted molar refractivity (Wildman–Crippen MR) is 75.5 cm³/mol. The number of aliphatic carboxylic acids is 1. The fourth-order valence-electron chi connectivity index (χ4n) is 1.70. The van der Waals surface area contributed by atoms with Gasteiger partial charge in [-0.3, -0.25) is 4.79 Å². The van der Waals surface area contributed by atoms with E-state index in [4.69, 9.17) is 9.84 Å². The van der Waals surface area contributed by atoms with Crippen molar-refractivity contribution in [3.05, 3.63) is 35.4 Å². The monoisotopic (exact) mass is 279 g/mol. The topological polar surface area (TPSA) is 75.6 Å². The fraction of sp³-hybridized carbons (Fsp3) is 0.467. The van der Waals surface area contributed by atoms with Crippen molar-refractivity contribution in [2.75, 3.05) is 0 Å². The van der Waals surface area contributed by atoms with Crippen LogP contribution < -0.4 is 5.32 Å². The van der Waals surface area contributed by atoms with Gasteiger partial charge in [0.05, 0.1) is 0 Å². The number of carboxylic acid groups (broad SMARTS) is 1. The molecule has 5 heteroatoms. The molecule has 0 spiro atoms. The van der Waals surface area contributed by atoms with E-state index in [1.165, 1.54) is 0 Å². The number of hydrogen-bond donors (Lipinski definition) is 2. The SMILES string of the molecule is CC(C)(C)OC(=O)NCc1ccccc1CCC(=O)O. The molecule has 0 bridgehead atoms. The zero-order valence-electron chi connectivity index (χ0n) is 12.1. The van der Waals surface area contributed by atoms with Gasteiger partial charge < -0.3 is 15.2 Å². The molecule has 110 valence electrons. The molecule has 5 nitrogen and oxygen atoms in total. The molecule has 0 radical (unpaired) electrons. The van der Waals surface area contributed by atoms with Crippen LogP contribution in [0.3, 0.4) is 0 Å². The first-order valence-corrected chi connectivity index (χ1v) is 6.53. The van der Waals surface area contributed by atoms with Crippen LogP contribution in [-0.4, -0.2) is 22.8 Å². The van der Waals surface area contributed by atoms with E-state index in [0.717, 1.165) is 11.1 Å². The van der Waals surface area contributed by atoms with E-state index < -0.39 is 17.7 Å². The van der Waals surface area contributed by atoms with Crippen LogP contribution >= 0.6 is 0 Å². The van der Waals surface area contributed by atoms with Crippen molar-refractivity contribution in [2.45, 2.75) is 45.8 Å². The zero-order chi connectivity index (χ0) is 15.2. The highest BCUT2D eigenvalue weighted by Gasteiger charge is 2.16. The van der Waals surface area contributed by atoms with Crippen molar-refractivity contribution >= 4 is 12.1 Å². The molecule has 0 unspecified atom stereocenters. The fourth-order valence-corrected chi connectivity index (χ4v) is 1.70. The van der Waals surface area contributed by atoms with Crippen molar-refractivity contribution in [3.63, 3.8) is 0 Å². The number of nitrogens with one attached hydrogen (secondary N) is 1. The lowest BCUT2D eigenvalue weighted by Gasteiger charge is -2.20. The largest absolute Gasteiger partial charge is 0.481 e. The number of carboxylic acids is 1. The number of rotatable bonds is 5. The molecule has 0 fully saturated rings. The summed E-state index contributed by atoms with van der Waals surface area (Å²) < 4.78 is 5.15. The molecular formula is C15H21NO4. The van der Waals surface area contributed by atoms with Gasteiger partial charge >= 0.3 is 12.1 Å². The van der Waals surface area contributed by atoms with E-state index in [1.54, 1.807) is 20.8 Å². The normalized spacial score (nSPS) is 10.9. The number of ether oxygens (including phenoxy) is 1. The molecule has 0 saturated carbocycles. The van der Waals surface area contributed by atoms with Crippen LogP contribution in [0.15, 0.2) is 24.3 Å². The van der Waals surface area contributed by atoms with Gasteiger partial charge in [0.25, 0.3) is 0 Å². The Hall–Kier alpha value is -2.04. The number of carbonyl (C=O) groups is 2. The number of amides is 1. The van der Waals surface area contributed by atoms with Gasteiger partial charge in [-0.25, -0.2) is 4.79 Å². The van der Waals surface area contributed by atoms with E-state index in [9.17, 15) is 9.59 Å². The van der Waals surface area contributed by atoms with Crippen LogP contribution in [0.2, 0.25) is 0 Å². The molecule has 2 N–H and O–H groups in total. The average Bonchev–Trinajstić information content (AvgIpc) is 2.32. The number of hydrogen-bond acceptors (Lipinski definition) is 3. The van der Waals surface area contributed by atoms with Crippen LogP contribution in [0.1, 0.15) is 38.3 Å². The quantitative estimate of drug-likeness (QED) is 0.869. The Morgan fingerprint density at radius 1 is 1.20 bits per heavy atom. The number of benzene rings is 1. The zero-order valence-corrected chi connectivity index (χ0v) is 12.1. The Morgan fingerprint density at radius 3 is 2.35 bits per heavy atom. The van der Waals surface area contributed by atoms with Gasteiger partial charge in [0.1, 0.15) is 5.60 Å². The molecular weight excluding hydrogens is 258 g/mol. The summed E-state index contributed by atoms with van der Waals surface area (Å²) in [6.07, 6.45) is 0.0378. The molecule has 1 aromatic carbocycles. The Kier molecular flexibility index (Phi) is 5.55. The maximum atomic E-state index is 11.6. The van der Waals surface area contributed by atoms with E-state index in [1.807, 2.05) is 24.3 Å². The molecule has 0 aromatic heterocycles. The predicted octanol–water partition coefficient (Wildman–Crippen LogP) is 2.73. The summed E-state index contributed by atoms with van der Waals surface area (Å²) in [6, 6.07) is 7.45. The van der Waals surface area contributed by atoms with E-state index in [0.29, 0.717) is 13.0 Å². The summed E-state index contributed by atoms with van der Waals surface area (Å²) in [5.74, 6) is -0.833. The summed E-state index contributed by atoms with van der Waals surface area (Å²) in [6.45, 7) is 5.72. The molecule has 0 aliphatic heterocycles. The maximum Gasteiger partial charge on any atom is 0.407 e. The Bertz CT molecular complexity index is 477. The second-order valence-corrected chi connectivity index (χ2v) is 5.52. The van der Waals surface area contributed by atoms with E-state index in [2.05, 4.69) is 5.32 Å². The van der Waals surface area contributed by atoms with Crippen molar-refractivity contribution in [1.82, 2.24) is 5.32 Å². The number of carbonyl (C=O) groups excluding carboxylic acids is 1. The average molecular weight is 279 g/mol. The van der Waals surface area contributed by atoms with Crippen molar-refractivity contribution in [3.8, 4) is 0 Å². The lowest BCUT2D eigenvalue weighted by Crippen LogP contribution is -2.32. The second-order valence-electron chi connectivity index (χ2n) is 5.52. The molecule has 0 aliphatic rings. The van der Waals surface area contributed by atoms with Crippen LogP contribution in [0.5, 0.6) is 0 Å². The minimum Gasteiger partial charge on any atom is -0.481 e. The molecule has 20 heavy (non-hydrogen) atoms. The van der Waals surface area contributed by atoms with Crippen LogP contribution in [-0.2, 0) is 22.5 Å². The summed E-state index contributed by atoms with van der Waals surface area (Å²) in [5, 5.41) is 11.4. The van der Waals surface area contributed by atoms with Gasteiger partial charge in [-0.2, -0.15) is 0 Å². The molecule has 0 heterocycles. The lowest BCUT2D eigenvalue weighted by atomic mass is 10.0. The first-order chi connectivity index (χ1) is 9.28. The summed E-state index contributed by atoms with van der Waals surface area (Å²) in [4.78, 5) is 22.2. The minimum atomic E-state index is -0.833. The van der Waals surface area contributed by atoms with Gasteiger partial charge in [-0.15, -0.1) is 0 Å². The smallest absolute Gasteiger partial charge is 0.407 e. The summed E-state index contributed by atoms with van der Waals surface area (Å²) in [7, 11) is 0. The lowest BCUT2D eigenvalue weighted by molar-refractivity contribution is -0.136. The molecule has 1 aromatic rings. The Morgan fingerprint density at radius 2 is 1.80 bits per heavy atom. The molecule has 0 aliphatic carbocycles. The van der Waals surface area contributed by atoms with E-state index in [-0.39, 0.29) is 6.42 Å². The molecule has 0 atom stereocenters. The number of aryl methyl sites for hydroxylation is 1. The molecule has 1 rings (SSSR count). The highest BCUT2D eigenvalue weighted by Crippen LogP contribution is 2.12. The third-order valence-corrected chi connectivity index (χ3v) is 2.55. The van der Waals surface area contributed by atoms with Crippen LogP contribution in [0.4, 0.5) is 4.79 Å². The summed E-state index contributed by atoms with van der Waals surface area (Å²) >= 11 is 0. The van der Waals surface area contributed by atoms with Gasteiger partial charge in [-0.1, -0.05) is 24.3 Å². The van der Waals surface area contributed by atoms with Gasteiger partial charge in [0.2, 0.25) is 0 Å². The highest BCUT2D eigenvalue weighted by atomic mass is 16.6. The van der Waals surface area contributed by atoms with Crippen molar-refractivity contribution in [1.29, 1.82) is 0 Å². The standard InChI is InChI=1S/C15H21NO4/c1-15(2,3)20-14(19)16-10-12-7-5-4-6-11(12)8-9-13(17)18/h4-7H,8-10H2,1-3H3,(H,16,19)(H,17,18).